The van der Waals surface area contributed by atoms with Crippen LogP contribution in [-0.2, 0) is 9.84 Å². The Kier molecular flexibility index (Phi) is 5.21. The van der Waals surface area contributed by atoms with Crippen molar-refractivity contribution >= 4 is 48.8 Å². The third-order valence-corrected chi connectivity index (χ3v) is 7.70. The number of sulfone groups is 1. The van der Waals surface area contributed by atoms with Crippen LogP contribution in [0, 0.1) is 13.8 Å². The van der Waals surface area contributed by atoms with Gasteiger partial charge in [0.05, 0.1) is 15.5 Å². The average Bonchev–Trinajstić information content (AvgIpc) is 3.01. The maximum Gasteiger partial charge on any atom is 0.323 e. The number of hydrogen-bond donors (Lipinski definition) is 2. The van der Waals surface area contributed by atoms with Crippen LogP contribution in [0.25, 0.3) is 10.2 Å². The van der Waals surface area contributed by atoms with Gasteiger partial charge in [-0.3, -0.25) is 0 Å². The van der Waals surface area contributed by atoms with Gasteiger partial charge in [-0.1, -0.05) is 17.7 Å². The lowest BCUT2D eigenvalue weighted by atomic mass is 10.1. The number of amides is 2. The molecule has 2 amide bonds. The smallest absolute Gasteiger partial charge is 0.308 e. The van der Waals surface area contributed by atoms with Crippen LogP contribution in [0.3, 0.4) is 0 Å². The number of anilines is 2. The Morgan fingerprint density at radius 3 is 2.48 bits per heavy atom. The van der Waals surface area contributed by atoms with E-state index in [9.17, 15) is 13.2 Å². The van der Waals surface area contributed by atoms with Gasteiger partial charge in [0.25, 0.3) is 0 Å². The van der Waals surface area contributed by atoms with Crippen molar-refractivity contribution in [2.24, 2.45) is 0 Å². The highest BCUT2D eigenvalue weighted by Gasteiger charge is 2.23. The van der Waals surface area contributed by atoms with Gasteiger partial charge < -0.3 is 10.6 Å². The molecular formula is C19H21N3O3S2. The molecule has 1 heterocycles. The number of carbonyl (C=O) groups excluding carboxylic acids is 1. The summed E-state index contributed by atoms with van der Waals surface area (Å²) in [5.74, 6) is 0. The van der Waals surface area contributed by atoms with Crippen LogP contribution in [0.2, 0.25) is 0 Å². The second-order valence-electron chi connectivity index (χ2n) is 6.65. The van der Waals surface area contributed by atoms with Crippen molar-refractivity contribution in [3.63, 3.8) is 0 Å². The Bertz CT molecular complexity index is 1120. The number of rotatable bonds is 4. The van der Waals surface area contributed by atoms with Crippen molar-refractivity contribution in [2.45, 2.75) is 37.3 Å². The lowest BCUT2D eigenvalue weighted by Gasteiger charge is -2.10. The van der Waals surface area contributed by atoms with Gasteiger partial charge in [-0.25, -0.2) is 18.2 Å². The Morgan fingerprint density at radius 1 is 1.07 bits per heavy atom. The van der Waals surface area contributed by atoms with E-state index in [1.165, 1.54) is 0 Å². The summed E-state index contributed by atoms with van der Waals surface area (Å²) in [7, 11) is -3.42. The molecule has 0 saturated heterocycles. The van der Waals surface area contributed by atoms with Crippen LogP contribution >= 0.6 is 11.3 Å². The molecule has 2 aromatic carbocycles. The average molecular weight is 404 g/mol. The molecule has 0 atom stereocenters. The maximum absolute atomic E-state index is 12.3. The number of hydrogen-bond acceptors (Lipinski definition) is 5. The molecule has 8 heteroatoms. The monoisotopic (exact) mass is 403 g/mol. The molecule has 0 aliphatic rings. The highest BCUT2D eigenvalue weighted by atomic mass is 32.2. The summed E-state index contributed by atoms with van der Waals surface area (Å²) in [6.07, 6.45) is 0. The molecule has 0 fully saturated rings. The maximum atomic E-state index is 12.3. The number of aryl methyl sites for hydroxylation is 2. The first kappa shape index (κ1) is 19.3. The molecule has 0 radical (unpaired) electrons. The summed E-state index contributed by atoms with van der Waals surface area (Å²) in [6, 6.07) is 10.6. The van der Waals surface area contributed by atoms with Gasteiger partial charge in [0, 0.05) is 11.4 Å². The lowest BCUT2D eigenvalue weighted by molar-refractivity contribution is 0.262. The van der Waals surface area contributed by atoms with E-state index in [0.29, 0.717) is 15.9 Å². The molecule has 0 bridgehead atoms. The van der Waals surface area contributed by atoms with E-state index in [1.807, 2.05) is 32.0 Å². The number of thiazole rings is 1. The molecule has 0 unspecified atom stereocenters. The number of benzene rings is 2. The lowest BCUT2D eigenvalue weighted by Crippen LogP contribution is -2.19. The van der Waals surface area contributed by atoms with Crippen LogP contribution in [-0.4, -0.2) is 24.7 Å². The molecule has 0 aliphatic carbocycles. The van der Waals surface area contributed by atoms with Crippen LogP contribution < -0.4 is 10.6 Å². The summed E-state index contributed by atoms with van der Waals surface area (Å²) < 4.78 is 25.4. The fourth-order valence-corrected chi connectivity index (χ4v) is 5.22. The van der Waals surface area contributed by atoms with E-state index in [0.717, 1.165) is 28.2 Å². The van der Waals surface area contributed by atoms with Gasteiger partial charge in [-0.15, -0.1) is 11.3 Å². The summed E-state index contributed by atoms with van der Waals surface area (Å²) in [5.41, 5.74) is 4.01. The van der Waals surface area contributed by atoms with E-state index in [-0.39, 0.29) is 10.4 Å². The quantitative estimate of drug-likeness (QED) is 0.659. The third kappa shape index (κ3) is 4.12. The van der Waals surface area contributed by atoms with E-state index in [1.54, 1.807) is 32.0 Å². The minimum Gasteiger partial charge on any atom is -0.308 e. The number of urea groups is 1. The van der Waals surface area contributed by atoms with Gasteiger partial charge >= 0.3 is 6.03 Å². The van der Waals surface area contributed by atoms with E-state index in [4.69, 9.17) is 0 Å². The number of fused-ring (bicyclic) bond motifs is 1. The van der Waals surface area contributed by atoms with Crippen molar-refractivity contribution in [1.29, 1.82) is 0 Å². The molecular weight excluding hydrogens is 382 g/mol. The zero-order valence-corrected chi connectivity index (χ0v) is 17.2. The van der Waals surface area contributed by atoms with Crippen LogP contribution in [0.5, 0.6) is 0 Å². The van der Waals surface area contributed by atoms with Crippen molar-refractivity contribution in [2.75, 3.05) is 10.6 Å². The topological polar surface area (TPSA) is 88.2 Å². The van der Waals surface area contributed by atoms with E-state index in [2.05, 4.69) is 15.6 Å². The predicted molar refractivity (Wildman–Crippen MR) is 110 cm³/mol. The second-order valence-corrected chi connectivity index (χ2v) is 10.4. The largest absolute Gasteiger partial charge is 0.323 e. The molecule has 142 valence electrons. The normalized spacial score (nSPS) is 11.7. The molecule has 2 N–H and O–H groups in total. The zero-order valence-electron chi connectivity index (χ0n) is 15.5. The summed E-state index contributed by atoms with van der Waals surface area (Å²) in [4.78, 5) is 16.5. The van der Waals surface area contributed by atoms with Crippen LogP contribution in [0.4, 0.5) is 16.2 Å². The highest BCUT2D eigenvalue weighted by Crippen LogP contribution is 2.30. The summed E-state index contributed by atoms with van der Waals surface area (Å²) in [5, 5.41) is 5.07. The molecule has 0 aliphatic heterocycles. The summed E-state index contributed by atoms with van der Waals surface area (Å²) >= 11 is 1.11. The Hall–Kier alpha value is -2.45. The highest BCUT2D eigenvalue weighted by molar-refractivity contribution is 7.94. The van der Waals surface area contributed by atoms with Crippen molar-refractivity contribution < 1.29 is 13.2 Å². The SMILES string of the molecule is Cc1ccc(NC(=O)Nc2ccc3nc(S(=O)(=O)C(C)C)sc3c2)c(C)c1. The second kappa shape index (κ2) is 7.28. The number of aromatic nitrogens is 1. The number of nitrogens with one attached hydrogen (secondary N) is 2. The molecule has 0 spiro atoms. The van der Waals surface area contributed by atoms with E-state index < -0.39 is 15.1 Å². The van der Waals surface area contributed by atoms with Crippen LogP contribution in [0.1, 0.15) is 25.0 Å². The number of nitrogens with zero attached hydrogens (tertiary/aromatic N) is 1. The summed E-state index contributed by atoms with van der Waals surface area (Å²) in [6.45, 7) is 7.19. The fraction of sp³-hybridized carbons (Fsp3) is 0.263. The fourth-order valence-electron chi connectivity index (χ4n) is 2.54. The molecule has 3 aromatic rings. The van der Waals surface area contributed by atoms with Crippen LogP contribution in [0.15, 0.2) is 40.7 Å². The van der Waals surface area contributed by atoms with Gasteiger partial charge in [-0.2, -0.15) is 0 Å². The molecule has 1 aromatic heterocycles. The first-order chi connectivity index (χ1) is 12.7. The van der Waals surface area contributed by atoms with Gasteiger partial charge in [0.15, 0.2) is 0 Å². The third-order valence-electron chi connectivity index (χ3n) is 4.12. The Labute approximate surface area is 162 Å². The first-order valence-corrected chi connectivity index (χ1v) is 10.8. The Balaban J connectivity index is 1.80. The van der Waals surface area contributed by atoms with Gasteiger partial charge in [0.2, 0.25) is 14.2 Å². The number of carbonyl (C=O) groups is 1. The van der Waals surface area contributed by atoms with Gasteiger partial charge in [-0.05, 0) is 57.5 Å². The molecule has 27 heavy (non-hydrogen) atoms. The van der Waals surface area contributed by atoms with Crippen molar-refractivity contribution in [1.82, 2.24) is 4.98 Å². The van der Waals surface area contributed by atoms with E-state index >= 15 is 0 Å². The van der Waals surface area contributed by atoms with Crippen molar-refractivity contribution in [3.05, 3.63) is 47.5 Å². The zero-order chi connectivity index (χ0) is 19.8. The van der Waals surface area contributed by atoms with Crippen molar-refractivity contribution in [3.8, 4) is 0 Å². The predicted octanol–water partition coefficient (Wildman–Crippen LogP) is 4.74. The standard InChI is InChI=1S/C19H21N3O3S2/c1-11(2)27(24,25)19-22-16-8-6-14(10-17(16)26-19)20-18(23)21-15-7-5-12(3)9-13(15)4/h5-11H,1-4H3,(H2,20,21,23). The minimum atomic E-state index is -3.42. The Morgan fingerprint density at radius 2 is 1.81 bits per heavy atom. The minimum absolute atomic E-state index is 0.101. The van der Waals surface area contributed by atoms with Gasteiger partial charge in [0.1, 0.15) is 0 Å². The molecule has 6 nitrogen and oxygen atoms in total. The first-order valence-electron chi connectivity index (χ1n) is 8.46. The molecule has 0 saturated carbocycles. The molecule has 3 rings (SSSR count).